The number of thiazole rings is 1. The molecule has 0 aliphatic rings. The number of nitrogens with one attached hydrogen (secondary N) is 2. The Hall–Kier alpha value is -2.61. The zero-order valence-corrected chi connectivity index (χ0v) is 14.5. The van der Waals surface area contributed by atoms with Crippen LogP contribution in [0.2, 0.25) is 0 Å². The van der Waals surface area contributed by atoms with Gasteiger partial charge in [-0.1, -0.05) is 11.3 Å². The molecule has 2 aromatic rings. The fourth-order valence-corrected chi connectivity index (χ4v) is 2.95. The number of carbonyl (C=O) groups is 2. The summed E-state index contributed by atoms with van der Waals surface area (Å²) in [6.45, 7) is 3.55. The van der Waals surface area contributed by atoms with E-state index in [4.69, 9.17) is 4.74 Å². The maximum absolute atomic E-state index is 12.1. The first-order chi connectivity index (χ1) is 11.4. The van der Waals surface area contributed by atoms with Crippen LogP contribution in [0.25, 0.3) is 0 Å². The number of aromatic nitrogens is 1. The molecular weight excluding hydrogens is 330 g/mol. The van der Waals surface area contributed by atoms with Crippen molar-refractivity contribution in [2.75, 3.05) is 17.7 Å². The number of nitrogens with zero attached hydrogens (tertiary/aromatic N) is 1. The van der Waals surface area contributed by atoms with Crippen LogP contribution in [0, 0.1) is 6.92 Å². The number of hydrogen-bond acceptors (Lipinski definition) is 5. The zero-order chi connectivity index (χ0) is 17.7. The van der Waals surface area contributed by atoms with Gasteiger partial charge < -0.3 is 19.9 Å². The van der Waals surface area contributed by atoms with Crippen molar-refractivity contribution in [3.05, 3.63) is 38.9 Å². The summed E-state index contributed by atoms with van der Waals surface area (Å²) in [7, 11) is 1.50. The number of anilines is 2. The minimum Gasteiger partial charge on any atom is -0.495 e. The van der Waals surface area contributed by atoms with Crippen LogP contribution in [-0.4, -0.2) is 23.5 Å². The van der Waals surface area contributed by atoms with E-state index in [2.05, 4.69) is 10.6 Å². The Balaban J connectivity index is 2.03. The first-order valence-corrected chi connectivity index (χ1v) is 8.19. The van der Waals surface area contributed by atoms with Gasteiger partial charge in [-0.15, -0.1) is 0 Å². The van der Waals surface area contributed by atoms with Gasteiger partial charge in [-0.2, -0.15) is 0 Å². The Bertz CT molecular complexity index is 810. The van der Waals surface area contributed by atoms with Crippen LogP contribution in [0.5, 0.6) is 5.75 Å². The van der Waals surface area contributed by atoms with Crippen LogP contribution >= 0.6 is 11.3 Å². The molecule has 0 saturated carbocycles. The molecule has 1 heterocycles. The largest absolute Gasteiger partial charge is 0.495 e. The van der Waals surface area contributed by atoms with Gasteiger partial charge in [0.25, 0.3) is 0 Å². The topological polar surface area (TPSA) is 89.4 Å². The van der Waals surface area contributed by atoms with Crippen molar-refractivity contribution in [1.82, 2.24) is 4.57 Å². The van der Waals surface area contributed by atoms with E-state index >= 15 is 0 Å². The summed E-state index contributed by atoms with van der Waals surface area (Å²) in [6.07, 6.45) is 0.180. The Morgan fingerprint density at radius 3 is 2.62 bits per heavy atom. The SMILES string of the molecule is COc1ccc(NC(=O)CCn2c(C)csc2=O)cc1NC(C)=O. The molecule has 0 radical (unpaired) electrons. The van der Waals surface area contributed by atoms with E-state index in [1.165, 1.54) is 14.0 Å². The maximum Gasteiger partial charge on any atom is 0.307 e. The first kappa shape index (κ1) is 17.7. The highest BCUT2D eigenvalue weighted by Gasteiger charge is 2.10. The fraction of sp³-hybridized carbons (Fsp3) is 0.312. The lowest BCUT2D eigenvalue weighted by Gasteiger charge is -2.12. The van der Waals surface area contributed by atoms with Gasteiger partial charge in [0.2, 0.25) is 11.8 Å². The van der Waals surface area contributed by atoms with E-state index in [0.29, 0.717) is 23.7 Å². The van der Waals surface area contributed by atoms with E-state index in [1.807, 2.05) is 6.92 Å². The predicted octanol–water partition coefficient (Wildman–Crippen LogP) is 2.21. The molecule has 0 aliphatic carbocycles. The standard InChI is InChI=1S/C16H19N3O4S/c1-10-9-24-16(22)19(10)7-6-15(21)18-12-4-5-14(23-3)13(8-12)17-11(2)20/h4-5,8-9H,6-7H2,1-3H3,(H,17,20)(H,18,21). The van der Waals surface area contributed by atoms with Crippen LogP contribution in [0.3, 0.4) is 0 Å². The molecule has 1 aromatic heterocycles. The van der Waals surface area contributed by atoms with Crippen LogP contribution in [0.15, 0.2) is 28.4 Å². The lowest BCUT2D eigenvalue weighted by atomic mass is 10.2. The molecular formula is C16H19N3O4S. The lowest BCUT2D eigenvalue weighted by Crippen LogP contribution is -2.20. The Morgan fingerprint density at radius 1 is 1.29 bits per heavy atom. The third-order valence-electron chi connectivity index (χ3n) is 3.33. The molecule has 2 amide bonds. The second kappa shape index (κ2) is 7.78. The number of benzene rings is 1. The number of rotatable bonds is 6. The average Bonchev–Trinajstić information content (AvgIpc) is 2.83. The first-order valence-electron chi connectivity index (χ1n) is 7.31. The van der Waals surface area contributed by atoms with Crippen molar-refractivity contribution in [2.24, 2.45) is 0 Å². The van der Waals surface area contributed by atoms with Crippen LogP contribution in [0.1, 0.15) is 19.0 Å². The predicted molar refractivity (Wildman–Crippen MR) is 93.9 cm³/mol. The smallest absolute Gasteiger partial charge is 0.307 e. The van der Waals surface area contributed by atoms with E-state index in [-0.39, 0.29) is 23.1 Å². The van der Waals surface area contributed by atoms with Crippen molar-refractivity contribution in [3.63, 3.8) is 0 Å². The third-order valence-corrected chi connectivity index (χ3v) is 4.21. The Morgan fingerprint density at radius 2 is 2.04 bits per heavy atom. The number of methoxy groups -OCH3 is 1. The maximum atomic E-state index is 12.1. The zero-order valence-electron chi connectivity index (χ0n) is 13.7. The summed E-state index contributed by atoms with van der Waals surface area (Å²) >= 11 is 1.12. The molecule has 0 saturated heterocycles. The molecule has 0 fully saturated rings. The van der Waals surface area contributed by atoms with Gasteiger partial charge in [0.1, 0.15) is 5.75 Å². The summed E-state index contributed by atoms with van der Waals surface area (Å²) in [5.41, 5.74) is 1.86. The van der Waals surface area contributed by atoms with Crippen molar-refractivity contribution in [2.45, 2.75) is 26.8 Å². The summed E-state index contributed by atoms with van der Waals surface area (Å²) < 4.78 is 6.74. The molecule has 2 rings (SSSR count). The minimum atomic E-state index is -0.232. The number of carbonyl (C=O) groups excluding carboxylic acids is 2. The van der Waals surface area contributed by atoms with Gasteiger partial charge in [-0.25, -0.2) is 0 Å². The quantitative estimate of drug-likeness (QED) is 0.837. The molecule has 0 bridgehead atoms. The molecule has 0 aliphatic heterocycles. The highest BCUT2D eigenvalue weighted by Crippen LogP contribution is 2.27. The van der Waals surface area contributed by atoms with Crippen molar-refractivity contribution in [3.8, 4) is 5.75 Å². The molecule has 24 heavy (non-hydrogen) atoms. The molecule has 1 aromatic carbocycles. The van der Waals surface area contributed by atoms with E-state index in [9.17, 15) is 14.4 Å². The molecule has 2 N–H and O–H groups in total. The van der Waals surface area contributed by atoms with Gasteiger partial charge in [-0.3, -0.25) is 14.4 Å². The molecule has 0 atom stereocenters. The normalized spacial score (nSPS) is 10.3. The van der Waals surface area contributed by atoms with Crippen LogP contribution in [0.4, 0.5) is 11.4 Å². The Kier molecular flexibility index (Phi) is 5.75. The third kappa shape index (κ3) is 4.45. The monoisotopic (exact) mass is 349 g/mol. The average molecular weight is 349 g/mol. The van der Waals surface area contributed by atoms with Gasteiger partial charge in [-0.05, 0) is 25.1 Å². The summed E-state index contributed by atoms with van der Waals surface area (Å²) in [6, 6.07) is 4.97. The lowest BCUT2D eigenvalue weighted by molar-refractivity contribution is -0.116. The second-order valence-electron chi connectivity index (χ2n) is 5.19. The molecule has 0 spiro atoms. The number of aryl methyl sites for hydroxylation is 1. The fourth-order valence-electron chi connectivity index (χ4n) is 2.18. The van der Waals surface area contributed by atoms with Gasteiger partial charge >= 0.3 is 4.87 Å². The van der Waals surface area contributed by atoms with Gasteiger partial charge in [0.05, 0.1) is 12.8 Å². The van der Waals surface area contributed by atoms with E-state index in [1.54, 1.807) is 28.1 Å². The van der Waals surface area contributed by atoms with Crippen LogP contribution in [-0.2, 0) is 16.1 Å². The molecule has 128 valence electrons. The Labute approximate surface area is 143 Å². The molecule has 0 unspecified atom stereocenters. The van der Waals surface area contributed by atoms with Gasteiger partial charge in [0.15, 0.2) is 0 Å². The highest BCUT2D eigenvalue weighted by molar-refractivity contribution is 7.07. The van der Waals surface area contributed by atoms with E-state index in [0.717, 1.165) is 17.0 Å². The van der Waals surface area contributed by atoms with Crippen molar-refractivity contribution in [1.29, 1.82) is 0 Å². The van der Waals surface area contributed by atoms with Crippen molar-refractivity contribution < 1.29 is 14.3 Å². The number of ether oxygens (including phenoxy) is 1. The summed E-state index contributed by atoms with van der Waals surface area (Å²) in [5, 5.41) is 7.17. The number of amides is 2. The second-order valence-corrected chi connectivity index (χ2v) is 6.01. The number of hydrogen-bond donors (Lipinski definition) is 2. The van der Waals surface area contributed by atoms with Crippen molar-refractivity contribution >= 4 is 34.5 Å². The van der Waals surface area contributed by atoms with Gasteiger partial charge in [0, 0.05) is 36.7 Å². The summed E-state index contributed by atoms with van der Waals surface area (Å²) in [4.78, 5) is 34.9. The van der Waals surface area contributed by atoms with Crippen LogP contribution < -0.4 is 20.2 Å². The highest BCUT2D eigenvalue weighted by atomic mass is 32.1. The molecule has 7 nitrogen and oxygen atoms in total. The summed E-state index contributed by atoms with van der Waals surface area (Å²) in [5.74, 6) is 0.0548. The molecule has 8 heteroatoms. The minimum absolute atomic E-state index is 0.0716. The van der Waals surface area contributed by atoms with E-state index < -0.39 is 0 Å².